The van der Waals surface area contributed by atoms with Crippen LogP contribution in [-0.2, 0) is 0 Å². The van der Waals surface area contributed by atoms with E-state index in [2.05, 4.69) is 23.3 Å². The lowest BCUT2D eigenvalue weighted by Crippen LogP contribution is -2.12. The van der Waals surface area contributed by atoms with Gasteiger partial charge in [0, 0.05) is 12.2 Å². The van der Waals surface area contributed by atoms with E-state index < -0.39 is 0 Å². The van der Waals surface area contributed by atoms with Crippen molar-refractivity contribution in [1.82, 2.24) is 4.98 Å². The van der Waals surface area contributed by atoms with Crippen molar-refractivity contribution in [3.05, 3.63) is 18.0 Å². The highest BCUT2D eigenvalue weighted by Gasteiger charge is 2.21. The number of anilines is 1. The Balaban J connectivity index is 1.96. The van der Waals surface area contributed by atoms with Crippen molar-refractivity contribution in [2.45, 2.75) is 33.1 Å². The lowest BCUT2D eigenvalue weighted by molar-refractivity contribution is 0.414. The highest BCUT2D eigenvalue weighted by molar-refractivity contribution is 5.55. The topological polar surface area (TPSA) is 34.1 Å². The molecule has 0 bridgehead atoms. The van der Waals surface area contributed by atoms with Gasteiger partial charge >= 0.3 is 0 Å². The third-order valence-electron chi connectivity index (χ3n) is 3.61. The van der Waals surface area contributed by atoms with Gasteiger partial charge in [0.1, 0.15) is 0 Å². The average Bonchev–Trinajstić information content (AvgIpc) is 2.73. The third kappa shape index (κ3) is 3.11. The predicted octanol–water partition coefficient (Wildman–Crippen LogP) is 3.25. The van der Waals surface area contributed by atoms with Gasteiger partial charge < -0.3 is 10.1 Å². The van der Waals surface area contributed by atoms with Crippen LogP contribution in [-0.4, -0.2) is 18.6 Å². The number of methoxy groups -OCH3 is 1. The molecule has 0 spiro atoms. The molecule has 3 nitrogen and oxygen atoms in total. The summed E-state index contributed by atoms with van der Waals surface area (Å²) in [5.41, 5.74) is 2.09. The summed E-state index contributed by atoms with van der Waals surface area (Å²) in [5, 5.41) is 3.50. The standard InChI is InChI=1S/C14H22N2O/c1-10-4-5-12(6-10)8-16-13-7-11(2)15-9-14(13)17-3/h7,9-10,12H,4-6,8H2,1-3H3,(H,15,16). The summed E-state index contributed by atoms with van der Waals surface area (Å²) < 4.78 is 5.31. The van der Waals surface area contributed by atoms with Crippen LogP contribution in [0.15, 0.2) is 12.3 Å². The van der Waals surface area contributed by atoms with Crippen LogP contribution in [0, 0.1) is 18.8 Å². The number of hydrogen-bond acceptors (Lipinski definition) is 3. The molecule has 94 valence electrons. The molecule has 1 aromatic rings. The molecule has 1 N–H and O–H groups in total. The molecule has 1 aromatic heterocycles. The molecule has 1 aliphatic rings. The van der Waals surface area contributed by atoms with Gasteiger partial charge in [-0.25, -0.2) is 0 Å². The molecule has 2 unspecified atom stereocenters. The van der Waals surface area contributed by atoms with E-state index >= 15 is 0 Å². The molecule has 0 aromatic carbocycles. The lowest BCUT2D eigenvalue weighted by Gasteiger charge is -2.15. The zero-order valence-corrected chi connectivity index (χ0v) is 11.0. The van der Waals surface area contributed by atoms with Gasteiger partial charge in [0.25, 0.3) is 0 Å². The summed E-state index contributed by atoms with van der Waals surface area (Å²) in [4.78, 5) is 4.24. The Morgan fingerprint density at radius 3 is 2.94 bits per heavy atom. The first-order valence-electron chi connectivity index (χ1n) is 6.43. The number of hydrogen-bond donors (Lipinski definition) is 1. The first-order valence-corrected chi connectivity index (χ1v) is 6.43. The van der Waals surface area contributed by atoms with Gasteiger partial charge in [-0.15, -0.1) is 0 Å². The molecule has 2 rings (SSSR count). The maximum absolute atomic E-state index is 5.31. The SMILES string of the molecule is COc1cnc(C)cc1NCC1CCC(C)C1. The quantitative estimate of drug-likeness (QED) is 0.868. The molecule has 3 heteroatoms. The summed E-state index contributed by atoms with van der Waals surface area (Å²) in [7, 11) is 1.69. The number of rotatable bonds is 4. The number of aryl methyl sites for hydroxylation is 1. The first kappa shape index (κ1) is 12.2. The van der Waals surface area contributed by atoms with Gasteiger partial charge in [0.05, 0.1) is 19.0 Å². The average molecular weight is 234 g/mol. The molecule has 0 aliphatic heterocycles. The second-order valence-corrected chi connectivity index (χ2v) is 5.19. The highest BCUT2D eigenvalue weighted by Crippen LogP contribution is 2.31. The van der Waals surface area contributed by atoms with Crippen molar-refractivity contribution in [2.24, 2.45) is 11.8 Å². The minimum absolute atomic E-state index is 0.808. The van der Waals surface area contributed by atoms with Crippen LogP contribution in [0.5, 0.6) is 5.75 Å². The molecule has 0 radical (unpaired) electrons. The monoisotopic (exact) mass is 234 g/mol. The number of nitrogens with zero attached hydrogens (tertiary/aromatic N) is 1. The van der Waals surface area contributed by atoms with Crippen molar-refractivity contribution < 1.29 is 4.74 Å². The first-order chi connectivity index (χ1) is 8.19. The van der Waals surface area contributed by atoms with E-state index in [4.69, 9.17) is 4.74 Å². The summed E-state index contributed by atoms with van der Waals surface area (Å²) in [6, 6.07) is 2.05. The molecular formula is C14H22N2O. The van der Waals surface area contributed by atoms with E-state index in [9.17, 15) is 0 Å². The normalized spacial score (nSPS) is 23.7. The second-order valence-electron chi connectivity index (χ2n) is 5.19. The molecule has 0 amide bonds. The van der Waals surface area contributed by atoms with Gasteiger partial charge in [0.15, 0.2) is 5.75 Å². The number of aromatic nitrogens is 1. The summed E-state index contributed by atoms with van der Waals surface area (Å²) in [6.07, 6.45) is 5.85. The number of ether oxygens (including phenoxy) is 1. The highest BCUT2D eigenvalue weighted by atomic mass is 16.5. The second kappa shape index (κ2) is 5.39. The van der Waals surface area contributed by atoms with Crippen LogP contribution in [0.2, 0.25) is 0 Å². The van der Waals surface area contributed by atoms with E-state index in [1.54, 1.807) is 13.3 Å². The van der Waals surface area contributed by atoms with Crippen LogP contribution in [0.1, 0.15) is 31.9 Å². The molecule has 1 heterocycles. The summed E-state index contributed by atoms with van der Waals surface area (Å²) >= 11 is 0. The van der Waals surface area contributed by atoms with Gasteiger partial charge in [-0.2, -0.15) is 0 Å². The number of pyridine rings is 1. The van der Waals surface area contributed by atoms with Gasteiger partial charge in [0.2, 0.25) is 0 Å². The Hall–Kier alpha value is -1.25. The fourth-order valence-corrected chi connectivity index (χ4v) is 2.61. The predicted molar refractivity (Wildman–Crippen MR) is 70.5 cm³/mol. The molecule has 1 aliphatic carbocycles. The van der Waals surface area contributed by atoms with Gasteiger partial charge in [-0.05, 0) is 37.7 Å². The van der Waals surface area contributed by atoms with Crippen molar-refractivity contribution in [3.63, 3.8) is 0 Å². The Morgan fingerprint density at radius 2 is 2.29 bits per heavy atom. The molecular weight excluding hydrogens is 212 g/mol. The zero-order chi connectivity index (χ0) is 12.3. The Kier molecular flexibility index (Phi) is 3.87. The van der Waals surface area contributed by atoms with Gasteiger partial charge in [-0.1, -0.05) is 13.3 Å². The molecule has 1 saturated carbocycles. The van der Waals surface area contributed by atoms with Crippen LogP contribution >= 0.6 is 0 Å². The molecule has 2 atom stereocenters. The van der Waals surface area contributed by atoms with E-state index in [-0.39, 0.29) is 0 Å². The van der Waals surface area contributed by atoms with E-state index in [0.29, 0.717) is 0 Å². The Labute approximate surface area is 104 Å². The maximum atomic E-state index is 5.31. The van der Waals surface area contributed by atoms with Crippen LogP contribution < -0.4 is 10.1 Å². The summed E-state index contributed by atoms with van der Waals surface area (Å²) in [5.74, 6) is 2.53. The van der Waals surface area contributed by atoms with Crippen LogP contribution in [0.3, 0.4) is 0 Å². The van der Waals surface area contributed by atoms with Crippen molar-refractivity contribution in [3.8, 4) is 5.75 Å². The lowest BCUT2D eigenvalue weighted by atomic mass is 10.1. The Bertz CT molecular complexity index is 378. The minimum Gasteiger partial charge on any atom is -0.493 e. The van der Waals surface area contributed by atoms with Crippen LogP contribution in [0.4, 0.5) is 5.69 Å². The minimum atomic E-state index is 0.808. The molecule has 17 heavy (non-hydrogen) atoms. The maximum Gasteiger partial charge on any atom is 0.160 e. The van der Waals surface area contributed by atoms with E-state index in [1.165, 1.54) is 19.3 Å². The smallest absolute Gasteiger partial charge is 0.160 e. The Morgan fingerprint density at radius 1 is 1.47 bits per heavy atom. The van der Waals surface area contributed by atoms with Crippen molar-refractivity contribution in [1.29, 1.82) is 0 Å². The fourth-order valence-electron chi connectivity index (χ4n) is 2.61. The third-order valence-corrected chi connectivity index (χ3v) is 3.61. The number of nitrogens with one attached hydrogen (secondary N) is 1. The van der Waals surface area contributed by atoms with Gasteiger partial charge in [-0.3, -0.25) is 4.98 Å². The van der Waals surface area contributed by atoms with Crippen molar-refractivity contribution in [2.75, 3.05) is 19.0 Å². The van der Waals surface area contributed by atoms with Crippen LogP contribution in [0.25, 0.3) is 0 Å². The fraction of sp³-hybridized carbons (Fsp3) is 0.643. The molecule has 0 saturated heterocycles. The summed E-state index contributed by atoms with van der Waals surface area (Å²) in [6.45, 7) is 5.39. The molecule has 1 fully saturated rings. The zero-order valence-electron chi connectivity index (χ0n) is 11.0. The van der Waals surface area contributed by atoms with E-state index in [1.807, 2.05) is 6.92 Å². The van der Waals surface area contributed by atoms with E-state index in [0.717, 1.165) is 35.5 Å². The largest absolute Gasteiger partial charge is 0.493 e. The van der Waals surface area contributed by atoms with Crippen molar-refractivity contribution >= 4 is 5.69 Å².